The van der Waals surface area contributed by atoms with E-state index in [4.69, 9.17) is 16.3 Å². The predicted octanol–water partition coefficient (Wildman–Crippen LogP) is 4.23. The highest BCUT2D eigenvalue weighted by molar-refractivity contribution is 6.31. The summed E-state index contributed by atoms with van der Waals surface area (Å²) in [4.78, 5) is 23.9. The highest BCUT2D eigenvalue weighted by Gasteiger charge is 2.17. The van der Waals surface area contributed by atoms with E-state index >= 15 is 0 Å². The van der Waals surface area contributed by atoms with Crippen molar-refractivity contribution in [3.63, 3.8) is 0 Å². The number of nitrogens with one attached hydrogen (secondary N) is 1. The van der Waals surface area contributed by atoms with Gasteiger partial charge in [-0.15, -0.1) is 0 Å². The number of benzene rings is 2. The minimum Gasteiger partial charge on any atom is -0.449 e. The second kappa shape index (κ2) is 8.31. The van der Waals surface area contributed by atoms with Crippen molar-refractivity contribution in [3.8, 4) is 0 Å². The number of halogens is 1. The maximum atomic E-state index is 12.1. The van der Waals surface area contributed by atoms with Gasteiger partial charge in [-0.05, 0) is 43.2 Å². The summed E-state index contributed by atoms with van der Waals surface area (Å²) in [6.45, 7) is 3.37. The van der Waals surface area contributed by atoms with Gasteiger partial charge in [-0.25, -0.2) is 4.79 Å². The summed E-state index contributed by atoms with van der Waals surface area (Å²) in [6.07, 6.45) is 2.01. The number of hydrogen-bond donors (Lipinski definition) is 1. The van der Waals surface area contributed by atoms with E-state index in [9.17, 15) is 9.59 Å². The van der Waals surface area contributed by atoms with Crippen LogP contribution < -0.4 is 5.32 Å². The molecule has 0 saturated heterocycles. The fourth-order valence-electron chi connectivity index (χ4n) is 1.96. The van der Waals surface area contributed by atoms with Crippen molar-refractivity contribution in [2.75, 3.05) is 5.32 Å². The van der Waals surface area contributed by atoms with Gasteiger partial charge in [-0.3, -0.25) is 4.79 Å². The third-order valence-corrected chi connectivity index (χ3v) is 3.57. The second-order valence-electron chi connectivity index (χ2n) is 5.27. The van der Waals surface area contributed by atoms with Gasteiger partial charge in [0.25, 0.3) is 5.91 Å². The first-order chi connectivity index (χ1) is 11.5. The summed E-state index contributed by atoms with van der Waals surface area (Å²) in [5, 5.41) is 3.23. The molecule has 4 nitrogen and oxygen atoms in total. The molecule has 5 heteroatoms. The number of rotatable bonds is 5. The van der Waals surface area contributed by atoms with Gasteiger partial charge < -0.3 is 10.1 Å². The van der Waals surface area contributed by atoms with Crippen molar-refractivity contribution < 1.29 is 14.3 Å². The summed E-state index contributed by atoms with van der Waals surface area (Å²) in [5.41, 5.74) is 2.34. The molecule has 0 fully saturated rings. The van der Waals surface area contributed by atoms with Crippen molar-refractivity contribution in [1.82, 2.24) is 0 Å². The molecule has 2 aromatic rings. The van der Waals surface area contributed by atoms with Crippen LogP contribution in [0.5, 0.6) is 0 Å². The van der Waals surface area contributed by atoms with Gasteiger partial charge in [-0.2, -0.15) is 0 Å². The van der Waals surface area contributed by atoms with Crippen molar-refractivity contribution in [1.29, 1.82) is 0 Å². The highest BCUT2D eigenvalue weighted by Crippen LogP contribution is 2.20. The molecular weight excluding hydrogens is 326 g/mol. The van der Waals surface area contributed by atoms with Crippen LogP contribution in [-0.4, -0.2) is 18.0 Å². The van der Waals surface area contributed by atoms with E-state index in [1.807, 2.05) is 37.3 Å². The Morgan fingerprint density at radius 2 is 1.88 bits per heavy atom. The first-order valence-corrected chi connectivity index (χ1v) is 7.84. The van der Waals surface area contributed by atoms with Gasteiger partial charge in [0.2, 0.25) is 0 Å². The molecule has 1 N–H and O–H groups in total. The van der Waals surface area contributed by atoms with Crippen LogP contribution in [0.2, 0.25) is 5.02 Å². The predicted molar refractivity (Wildman–Crippen MR) is 95.8 cm³/mol. The van der Waals surface area contributed by atoms with E-state index < -0.39 is 18.0 Å². The lowest BCUT2D eigenvalue weighted by Gasteiger charge is -2.14. The zero-order valence-electron chi connectivity index (χ0n) is 13.5. The average Bonchev–Trinajstić information content (AvgIpc) is 2.57. The van der Waals surface area contributed by atoms with Crippen molar-refractivity contribution in [2.45, 2.75) is 20.0 Å². The zero-order chi connectivity index (χ0) is 17.5. The summed E-state index contributed by atoms with van der Waals surface area (Å²) >= 11 is 5.92. The van der Waals surface area contributed by atoms with Crippen LogP contribution in [0, 0.1) is 6.92 Å². The third kappa shape index (κ3) is 5.25. The van der Waals surface area contributed by atoms with Crippen molar-refractivity contribution >= 4 is 35.2 Å². The topological polar surface area (TPSA) is 55.4 Å². The number of carbonyl (C=O) groups is 2. The van der Waals surface area contributed by atoms with Crippen molar-refractivity contribution in [3.05, 3.63) is 70.8 Å². The summed E-state index contributed by atoms with van der Waals surface area (Å²) in [6, 6.07) is 14.5. The lowest BCUT2D eigenvalue weighted by Crippen LogP contribution is -2.29. The SMILES string of the molecule is Cc1ccc(Cl)cc1NC(=O)C(C)OC(=O)/C=C/c1ccccc1. The van der Waals surface area contributed by atoms with E-state index in [1.165, 1.54) is 13.0 Å². The molecule has 0 saturated carbocycles. The smallest absolute Gasteiger partial charge is 0.331 e. The first-order valence-electron chi connectivity index (χ1n) is 7.46. The molecule has 124 valence electrons. The van der Waals surface area contributed by atoms with Crippen LogP contribution in [0.1, 0.15) is 18.1 Å². The van der Waals surface area contributed by atoms with E-state index in [1.54, 1.807) is 24.3 Å². The first kappa shape index (κ1) is 17.8. The standard InChI is InChI=1S/C19H18ClNO3/c1-13-8-10-16(20)12-17(13)21-19(23)14(2)24-18(22)11-9-15-6-4-3-5-7-15/h3-12,14H,1-2H3,(H,21,23)/b11-9+. The number of ether oxygens (including phenoxy) is 1. The molecule has 0 aliphatic heterocycles. The maximum absolute atomic E-state index is 12.1. The van der Waals surface area contributed by atoms with E-state index in [0.717, 1.165) is 11.1 Å². The van der Waals surface area contributed by atoms with E-state index in [2.05, 4.69) is 5.32 Å². The van der Waals surface area contributed by atoms with E-state index in [0.29, 0.717) is 10.7 Å². The van der Waals surface area contributed by atoms with Crippen LogP contribution in [0.4, 0.5) is 5.69 Å². The number of carbonyl (C=O) groups excluding carboxylic acids is 2. The largest absolute Gasteiger partial charge is 0.449 e. The van der Waals surface area contributed by atoms with Crippen LogP contribution in [-0.2, 0) is 14.3 Å². The quantitative estimate of drug-likeness (QED) is 0.652. The third-order valence-electron chi connectivity index (χ3n) is 3.33. The van der Waals surface area contributed by atoms with Gasteiger partial charge in [0.05, 0.1) is 0 Å². The molecule has 2 rings (SSSR count). The summed E-state index contributed by atoms with van der Waals surface area (Å²) in [7, 11) is 0. The lowest BCUT2D eigenvalue weighted by atomic mass is 10.2. The average molecular weight is 344 g/mol. The van der Waals surface area contributed by atoms with Gasteiger partial charge in [0, 0.05) is 16.8 Å². The summed E-state index contributed by atoms with van der Waals surface area (Å²) in [5.74, 6) is -0.994. The molecule has 0 bridgehead atoms. The molecule has 24 heavy (non-hydrogen) atoms. The Kier molecular flexibility index (Phi) is 6.15. The molecule has 2 aromatic carbocycles. The number of aryl methyl sites for hydroxylation is 1. The zero-order valence-corrected chi connectivity index (χ0v) is 14.2. The Hall–Kier alpha value is -2.59. The number of amides is 1. The minimum atomic E-state index is -0.920. The van der Waals surface area contributed by atoms with Crippen LogP contribution in [0.25, 0.3) is 6.08 Å². The van der Waals surface area contributed by atoms with Gasteiger partial charge >= 0.3 is 5.97 Å². The van der Waals surface area contributed by atoms with Gasteiger partial charge in [0.1, 0.15) is 0 Å². The van der Waals surface area contributed by atoms with Crippen LogP contribution in [0.15, 0.2) is 54.6 Å². The Balaban J connectivity index is 1.92. The van der Waals surface area contributed by atoms with Gasteiger partial charge in [-0.1, -0.05) is 48.0 Å². The lowest BCUT2D eigenvalue weighted by molar-refractivity contribution is -0.148. The number of anilines is 1. The fourth-order valence-corrected chi connectivity index (χ4v) is 2.13. The normalized spacial score (nSPS) is 12.0. The Morgan fingerprint density at radius 1 is 1.17 bits per heavy atom. The molecule has 0 aliphatic carbocycles. The highest BCUT2D eigenvalue weighted by atomic mass is 35.5. The molecule has 0 aromatic heterocycles. The van der Waals surface area contributed by atoms with Gasteiger partial charge in [0.15, 0.2) is 6.10 Å². The molecular formula is C19H18ClNO3. The Bertz CT molecular complexity index is 756. The van der Waals surface area contributed by atoms with Crippen LogP contribution >= 0.6 is 11.6 Å². The van der Waals surface area contributed by atoms with Crippen molar-refractivity contribution in [2.24, 2.45) is 0 Å². The second-order valence-corrected chi connectivity index (χ2v) is 5.71. The molecule has 0 spiro atoms. The fraction of sp³-hybridized carbons (Fsp3) is 0.158. The number of hydrogen-bond acceptors (Lipinski definition) is 3. The Morgan fingerprint density at radius 3 is 2.58 bits per heavy atom. The molecule has 0 heterocycles. The molecule has 0 radical (unpaired) electrons. The Labute approximate surface area is 146 Å². The summed E-state index contributed by atoms with van der Waals surface area (Å²) < 4.78 is 5.11. The molecule has 1 atom stereocenters. The van der Waals surface area contributed by atoms with Crippen LogP contribution in [0.3, 0.4) is 0 Å². The molecule has 0 aliphatic rings. The minimum absolute atomic E-state index is 0.415. The molecule has 1 unspecified atom stereocenters. The van der Waals surface area contributed by atoms with E-state index in [-0.39, 0.29) is 0 Å². The molecule has 1 amide bonds. The number of esters is 1. The monoisotopic (exact) mass is 343 g/mol. The maximum Gasteiger partial charge on any atom is 0.331 e.